The van der Waals surface area contributed by atoms with E-state index in [2.05, 4.69) is 11.5 Å². The Morgan fingerprint density at radius 1 is 1.38 bits per heavy atom. The summed E-state index contributed by atoms with van der Waals surface area (Å²) in [5.74, 6) is 6.44. The molecule has 0 fully saturated rings. The Morgan fingerprint density at radius 2 is 2.23 bits per heavy atom. The van der Waals surface area contributed by atoms with Gasteiger partial charge in [-0.3, -0.25) is 11.3 Å². The van der Waals surface area contributed by atoms with Gasteiger partial charge < -0.3 is 4.74 Å². The molecule has 0 saturated carbocycles. The van der Waals surface area contributed by atoms with Crippen molar-refractivity contribution in [2.45, 2.75) is 18.9 Å². The van der Waals surface area contributed by atoms with E-state index in [-0.39, 0.29) is 6.04 Å². The molecule has 1 atom stereocenters. The Kier molecular flexibility index (Phi) is 2.47. The van der Waals surface area contributed by atoms with Gasteiger partial charge >= 0.3 is 0 Å². The average Bonchev–Trinajstić information content (AvgIpc) is 2.39. The second-order valence-corrected chi connectivity index (χ2v) is 3.25. The number of rotatable bonds is 1. The molecule has 0 radical (unpaired) electrons. The lowest BCUT2D eigenvalue weighted by Gasteiger charge is -2.14. The molecular formula is C10H14N2O. The minimum Gasteiger partial charge on any atom is -0.493 e. The van der Waals surface area contributed by atoms with E-state index < -0.39 is 0 Å². The summed E-state index contributed by atoms with van der Waals surface area (Å²) in [5, 5.41) is 0. The summed E-state index contributed by atoms with van der Waals surface area (Å²) in [7, 11) is 0. The molecule has 0 amide bonds. The molecule has 3 N–H and O–H groups in total. The first-order chi connectivity index (χ1) is 6.42. The van der Waals surface area contributed by atoms with E-state index in [9.17, 15) is 0 Å². The molecule has 1 aromatic carbocycles. The lowest BCUT2D eigenvalue weighted by molar-refractivity contribution is 0.315. The first kappa shape index (κ1) is 8.53. The Morgan fingerprint density at radius 3 is 3.08 bits per heavy atom. The van der Waals surface area contributed by atoms with E-state index >= 15 is 0 Å². The molecule has 0 bridgehead atoms. The molecule has 1 heterocycles. The molecule has 1 unspecified atom stereocenters. The minimum absolute atomic E-state index is 0.235. The number of para-hydroxylation sites is 1. The smallest absolute Gasteiger partial charge is 0.124 e. The van der Waals surface area contributed by atoms with Gasteiger partial charge in [-0.05, 0) is 18.9 Å². The van der Waals surface area contributed by atoms with Gasteiger partial charge in [0.05, 0.1) is 6.61 Å². The summed E-state index contributed by atoms with van der Waals surface area (Å²) in [5.41, 5.74) is 3.99. The fourth-order valence-electron chi connectivity index (χ4n) is 1.70. The summed E-state index contributed by atoms with van der Waals surface area (Å²) in [6.07, 6.45) is 2.08. The molecule has 1 aromatic rings. The van der Waals surface area contributed by atoms with E-state index in [4.69, 9.17) is 10.6 Å². The van der Waals surface area contributed by atoms with Crippen LogP contribution in [0.15, 0.2) is 24.3 Å². The number of hydrogen-bond acceptors (Lipinski definition) is 3. The molecule has 1 aliphatic heterocycles. The van der Waals surface area contributed by atoms with Gasteiger partial charge in [0.1, 0.15) is 5.75 Å². The summed E-state index contributed by atoms with van der Waals surface area (Å²) in [4.78, 5) is 0. The third-order valence-corrected chi connectivity index (χ3v) is 2.39. The van der Waals surface area contributed by atoms with Crippen molar-refractivity contribution in [2.75, 3.05) is 6.61 Å². The van der Waals surface area contributed by atoms with Gasteiger partial charge in [0.25, 0.3) is 0 Å². The molecular weight excluding hydrogens is 164 g/mol. The van der Waals surface area contributed by atoms with Crippen LogP contribution in [0.5, 0.6) is 5.75 Å². The van der Waals surface area contributed by atoms with Crippen LogP contribution in [0, 0.1) is 0 Å². The number of hydrogen-bond donors (Lipinski definition) is 2. The van der Waals surface area contributed by atoms with Crippen molar-refractivity contribution >= 4 is 0 Å². The van der Waals surface area contributed by atoms with Crippen molar-refractivity contribution in [3.05, 3.63) is 29.8 Å². The van der Waals surface area contributed by atoms with Crippen LogP contribution >= 0.6 is 0 Å². The maximum absolute atomic E-state index is 5.58. The van der Waals surface area contributed by atoms with Crippen molar-refractivity contribution < 1.29 is 4.74 Å². The Hall–Kier alpha value is -1.06. The quantitative estimate of drug-likeness (QED) is 0.504. The molecule has 0 saturated heterocycles. The second-order valence-electron chi connectivity index (χ2n) is 3.25. The van der Waals surface area contributed by atoms with E-state index in [1.165, 1.54) is 5.56 Å². The van der Waals surface area contributed by atoms with Gasteiger partial charge in [-0.2, -0.15) is 0 Å². The van der Waals surface area contributed by atoms with Gasteiger partial charge in [-0.15, -0.1) is 0 Å². The van der Waals surface area contributed by atoms with E-state index in [1.54, 1.807) is 0 Å². The molecule has 0 aliphatic carbocycles. The zero-order valence-electron chi connectivity index (χ0n) is 7.49. The van der Waals surface area contributed by atoms with Gasteiger partial charge in [0, 0.05) is 11.6 Å². The molecule has 2 rings (SSSR count). The number of ether oxygens (including phenoxy) is 1. The lowest BCUT2D eigenvalue weighted by Crippen LogP contribution is -2.27. The summed E-state index contributed by atoms with van der Waals surface area (Å²) in [6, 6.07) is 8.28. The predicted molar refractivity (Wildman–Crippen MR) is 51.2 cm³/mol. The van der Waals surface area contributed by atoms with Crippen molar-refractivity contribution in [1.29, 1.82) is 0 Å². The van der Waals surface area contributed by atoms with Crippen LogP contribution in [0.25, 0.3) is 0 Å². The summed E-state index contributed by atoms with van der Waals surface area (Å²) >= 11 is 0. The average molecular weight is 178 g/mol. The van der Waals surface area contributed by atoms with Gasteiger partial charge in [0.15, 0.2) is 0 Å². The normalized spacial score (nSPS) is 21.5. The minimum atomic E-state index is 0.235. The van der Waals surface area contributed by atoms with Crippen molar-refractivity contribution in [1.82, 2.24) is 5.43 Å². The number of fused-ring (bicyclic) bond motifs is 1. The number of benzene rings is 1. The zero-order chi connectivity index (χ0) is 9.10. The molecule has 3 nitrogen and oxygen atoms in total. The lowest BCUT2D eigenvalue weighted by atomic mass is 10.0. The van der Waals surface area contributed by atoms with Crippen LogP contribution in [0.1, 0.15) is 24.4 Å². The van der Waals surface area contributed by atoms with Gasteiger partial charge in [0.2, 0.25) is 0 Å². The monoisotopic (exact) mass is 178 g/mol. The zero-order valence-corrected chi connectivity index (χ0v) is 7.49. The molecule has 13 heavy (non-hydrogen) atoms. The van der Waals surface area contributed by atoms with E-state index in [1.807, 2.05) is 18.2 Å². The number of hydrazine groups is 1. The van der Waals surface area contributed by atoms with Gasteiger partial charge in [-0.1, -0.05) is 18.2 Å². The largest absolute Gasteiger partial charge is 0.493 e. The number of nitrogens with one attached hydrogen (secondary N) is 1. The molecule has 0 spiro atoms. The van der Waals surface area contributed by atoms with Crippen molar-refractivity contribution in [3.8, 4) is 5.75 Å². The summed E-state index contributed by atoms with van der Waals surface area (Å²) in [6.45, 7) is 0.787. The highest BCUT2D eigenvalue weighted by molar-refractivity contribution is 5.36. The highest BCUT2D eigenvalue weighted by Gasteiger charge is 2.17. The third kappa shape index (κ3) is 1.66. The van der Waals surface area contributed by atoms with Crippen LogP contribution in [0.2, 0.25) is 0 Å². The molecule has 1 aliphatic rings. The Bertz CT molecular complexity index is 288. The van der Waals surface area contributed by atoms with Crippen molar-refractivity contribution in [3.63, 3.8) is 0 Å². The maximum atomic E-state index is 5.58. The topological polar surface area (TPSA) is 47.3 Å². The third-order valence-electron chi connectivity index (χ3n) is 2.39. The van der Waals surface area contributed by atoms with Crippen LogP contribution in [-0.2, 0) is 0 Å². The molecule has 3 heteroatoms. The fourth-order valence-corrected chi connectivity index (χ4v) is 1.70. The fraction of sp³-hybridized carbons (Fsp3) is 0.400. The first-order valence-electron chi connectivity index (χ1n) is 4.59. The van der Waals surface area contributed by atoms with Gasteiger partial charge in [-0.25, -0.2) is 0 Å². The molecule has 0 aromatic heterocycles. The Balaban J connectivity index is 2.35. The van der Waals surface area contributed by atoms with E-state index in [0.717, 1.165) is 25.2 Å². The van der Waals surface area contributed by atoms with Crippen LogP contribution in [0.4, 0.5) is 0 Å². The highest BCUT2D eigenvalue weighted by atomic mass is 16.5. The van der Waals surface area contributed by atoms with Crippen molar-refractivity contribution in [2.24, 2.45) is 5.84 Å². The standard InChI is InChI=1S/C10H14N2O/c11-12-9-5-3-7-13-10-6-2-1-4-8(9)10/h1-2,4,6,9,12H,3,5,7,11H2. The van der Waals surface area contributed by atoms with Crippen LogP contribution in [-0.4, -0.2) is 6.61 Å². The maximum Gasteiger partial charge on any atom is 0.124 e. The second kappa shape index (κ2) is 3.77. The SMILES string of the molecule is NNC1CCCOc2ccccc21. The van der Waals surface area contributed by atoms with Crippen LogP contribution < -0.4 is 16.0 Å². The van der Waals surface area contributed by atoms with E-state index in [0.29, 0.717) is 0 Å². The number of nitrogens with two attached hydrogens (primary N) is 1. The van der Waals surface area contributed by atoms with Crippen LogP contribution in [0.3, 0.4) is 0 Å². The summed E-state index contributed by atoms with van der Waals surface area (Å²) < 4.78 is 5.58. The molecule has 70 valence electrons. The Labute approximate surface area is 77.9 Å². The highest BCUT2D eigenvalue weighted by Crippen LogP contribution is 2.30. The first-order valence-corrected chi connectivity index (χ1v) is 4.59. The predicted octanol–water partition coefficient (Wildman–Crippen LogP) is 1.36.